The van der Waals surface area contributed by atoms with Crippen LogP contribution >= 0.6 is 23.2 Å². The number of hydrogen-bond donors (Lipinski definition) is 2. The van der Waals surface area contributed by atoms with E-state index in [1.54, 1.807) is 48.7 Å². The molecule has 4 rings (SSSR count). The van der Waals surface area contributed by atoms with Gasteiger partial charge in [0.25, 0.3) is 11.8 Å². The van der Waals surface area contributed by atoms with E-state index in [-0.39, 0.29) is 11.8 Å². The predicted octanol–water partition coefficient (Wildman–Crippen LogP) is 6.15. The van der Waals surface area contributed by atoms with Gasteiger partial charge in [0.05, 0.1) is 6.20 Å². The molecule has 0 aliphatic heterocycles. The van der Waals surface area contributed by atoms with Crippen molar-refractivity contribution in [3.8, 4) is 11.3 Å². The Balaban J connectivity index is 1.42. The van der Waals surface area contributed by atoms with Gasteiger partial charge in [-0.2, -0.15) is 0 Å². The summed E-state index contributed by atoms with van der Waals surface area (Å²) < 4.78 is 5.28. The molecular weight excluding hydrogens is 437 g/mol. The van der Waals surface area contributed by atoms with Crippen molar-refractivity contribution in [2.75, 3.05) is 10.6 Å². The van der Waals surface area contributed by atoms with Crippen LogP contribution in [0.2, 0.25) is 10.0 Å². The van der Waals surface area contributed by atoms with E-state index in [4.69, 9.17) is 27.6 Å². The van der Waals surface area contributed by atoms with Crippen molar-refractivity contribution in [2.24, 2.45) is 0 Å². The van der Waals surface area contributed by atoms with Gasteiger partial charge in [-0.3, -0.25) is 9.59 Å². The molecule has 0 aliphatic rings. The maximum absolute atomic E-state index is 12.6. The normalized spacial score (nSPS) is 10.5. The average Bonchev–Trinajstić information content (AvgIpc) is 3.29. The Morgan fingerprint density at radius 2 is 1.45 bits per heavy atom. The third kappa shape index (κ3) is 5.12. The zero-order valence-corrected chi connectivity index (χ0v) is 17.4. The number of nitrogens with one attached hydrogen (secondary N) is 2. The molecule has 154 valence electrons. The van der Waals surface area contributed by atoms with Crippen molar-refractivity contribution < 1.29 is 14.0 Å². The number of halogens is 2. The van der Waals surface area contributed by atoms with Crippen LogP contribution in [-0.2, 0) is 0 Å². The summed E-state index contributed by atoms with van der Waals surface area (Å²) in [6.07, 6.45) is 2.95. The summed E-state index contributed by atoms with van der Waals surface area (Å²) in [5.41, 5.74) is 2.73. The largest absolute Gasteiger partial charge is 0.444 e. The Morgan fingerprint density at radius 3 is 2.13 bits per heavy atom. The van der Waals surface area contributed by atoms with Crippen molar-refractivity contribution in [1.29, 1.82) is 0 Å². The van der Waals surface area contributed by atoms with Gasteiger partial charge in [0.2, 0.25) is 0 Å². The second kappa shape index (κ2) is 9.04. The van der Waals surface area contributed by atoms with Gasteiger partial charge in [0, 0.05) is 38.1 Å². The van der Waals surface area contributed by atoms with Crippen LogP contribution in [0.15, 0.2) is 83.7 Å². The maximum atomic E-state index is 12.6. The fourth-order valence-electron chi connectivity index (χ4n) is 2.90. The molecule has 2 N–H and O–H groups in total. The second-order valence-electron chi connectivity index (χ2n) is 6.59. The van der Waals surface area contributed by atoms with Crippen LogP contribution in [0.25, 0.3) is 11.3 Å². The molecule has 0 aliphatic carbocycles. The van der Waals surface area contributed by atoms with E-state index >= 15 is 0 Å². The molecular formula is C23H15Cl2N3O3. The molecule has 0 unspecified atom stereocenters. The molecule has 4 aromatic rings. The summed E-state index contributed by atoms with van der Waals surface area (Å²) >= 11 is 11.9. The lowest BCUT2D eigenvalue weighted by Crippen LogP contribution is -2.13. The summed E-state index contributed by atoms with van der Waals surface area (Å²) in [6.45, 7) is 0. The molecule has 3 aromatic carbocycles. The van der Waals surface area contributed by atoms with Crippen LogP contribution in [-0.4, -0.2) is 16.8 Å². The molecule has 1 aromatic heterocycles. The van der Waals surface area contributed by atoms with Gasteiger partial charge in [-0.1, -0.05) is 35.3 Å². The molecule has 0 spiro atoms. The molecule has 8 heteroatoms. The van der Waals surface area contributed by atoms with Crippen LogP contribution in [0.4, 0.5) is 11.4 Å². The predicted molar refractivity (Wildman–Crippen MR) is 121 cm³/mol. The van der Waals surface area contributed by atoms with Crippen LogP contribution in [0.5, 0.6) is 0 Å². The second-order valence-corrected chi connectivity index (χ2v) is 7.46. The Hall–Kier alpha value is -3.61. The molecule has 31 heavy (non-hydrogen) atoms. The first-order chi connectivity index (χ1) is 15.0. The summed E-state index contributed by atoms with van der Waals surface area (Å²) in [5.74, 6) is -0.0303. The van der Waals surface area contributed by atoms with Gasteiger partial charge in [-0.25, -0.2) is 4.98 Å². The molecule has 0 atom stereocenters. The van der Waals surface area contributed by atoms with Gasteiger partial charge in [0.1, 0.15) is 0 Å². The van der Waals surface area contributed by atoms with E-state index in [1.807, 2.05) is 12.1 Å². The number of hydrogen-bond acceptors (Lipinski definition) is 4. The fourth-order valence-corrected chi connectivity index (χ4v) is 3.43. The minimum atomic E-state index is -0.356. The van der Waals surface area contributed by atoms with Crippen molar-refractivity contribution >= 4 is 46.4 Å². The molecule has 2 amide bonds. The zero-order valence-electron chi connectivity index (χ0n) is 15.9. The highest BCUT2D eigenvalue weighted by molar-refractivity contribution is 6.35. The number of nitrogens with zero attached hydrogens (tertiary/aromatic N) is 1. The highest BCUT2D eigenvalue weighted by Gasteiger charge is 2.11. The molecule has 1 heterocycles. The Labute approximate surface area is 187 Å². The Kier molecular flexibility index (Phi) is 6.02. The summed E-state index contributed by atoms with van der Waals surface area (Å²) in [4.78, 5) is 28.9. The minimum absolute atomic E-state index is 0.283. The smallest absolute Gasteiger partial charge is 0.255 e. The van der Waals surface area contributed by atoms with Crippen molar-refractivity contribution in [1.82, 2.24) is 4.98 Å². The van der Waals surface area contributed by atoms with E-state index in [0.29, 0.717) is 38.3 Å². The lowest BCUT2D eigenvalue weighted by molar-refractivity contribution is 0.102. The first kappa shape index (κ1) is 20.7. The first-order valence-electron chi connectivity index (χ1n) is 9.16. The Bertz CT molecular complexity index is 1220. The number of oxazole rings is 1. The van der Waals surface area contributed by atoms with Crippen molar-refractivity contribution in [3.05, 3.63) is 100 Å². The third-order valence-electron chi connectivity index (χ3n) is 4.37. The summed E-state index contributed by atoms with van der Waals surface area (Å²) in [6, 6.07) is 18.4. The van der Waals surface area contributed by atoms with E-state index in [9.17, 15) is 9.59 Å². The number of rotatable bonds is 5. The molecule has 0 saturated heterocycles. The van der Waals surface area contributed by atoms with Crippen LogP contribution < -0.4 is 10.6 Å². The maximum Gasteiger partial charge on any atom is 0.255 e. The highest BCUT2D eigenvalue weighted by Crippen LogP contribution is 2.23. The summed E-state index contributed by atoms with van der Waals surface area (Å²) in [5, 5.41) is 6.33. The number of benzene rings is 3. The van der Waals surface area contributed by atoms with Crippen LogP contribution in [0.3, 0.4) is 0 Å². The average molecular weight is 452 g/mol. The van der Waals surface area contributed by atoms with E-state index in [2.05, 4.69) is 15.6 Å². The molecule has 6 nitrogen and oxygen atoms in total. The molecule has 0 saturated carbocycles. The molecule has 0 radical (unpaired) electrons. The highest BCUT2D eigenvalue weighted by atomic mass is 35.5. The molecule has 0 bridgehead atoms. The van der Waals surface area contributed by atoms with E-state index < -0.39 is 0 Å². The Morgan fingerprint density at radius 1 is 0.774 bits per heavy atom. The van der Waals surface area contributed by atoms with Crippen molar-refractivity contribution in [2.45, 2.75) is 0 Å². The minimum Gasteiger partial charge on any atom is -0.444 e. The number of anilines is 2. The third-order valence-corrected chi connectivity index (χ3v) is 4.80. The van der Waals surface area contributed by atoms with Crippen LogP contribution in [0.1, 0.15) is 20.7 Å². The lowest BCUT2D eigenvalue weighted by Gasteiger charge is -2.09. The fraction of sp³-hybridized carbons (Fsp3) is 0. The van der Waals surface area contributed by atoms with Gasteiger partial charge in [0.15, 0.2) is 12.2 Å². The van der Waals surface area contributed by atoms with E-state index in [0.717, 1.165) is 5.56 Å². The lowest BCUT2D eigenvalue weighted by atomic mass is 10.1. The SMILES string of the molecule is O=C(Nc1cccc(-c2cnco2)c1)c1ccc(NC(=O)c2cc(Cl)cc(Cl)c2)cc1. The van der Waals surface area contributed by atoms with Crippen LogP contribution in [0, 0.1) is 0 Å². The van der Waals surface area contributed by atoms with Gasteiger partial charge in [-0.15, -0.1) is 0 Å². The number of carbonyl (C=O) groups is 2. The van der Waals surface area contributed by atoms with Gasteiger partial charge >= 0.3 is 0 Å². The monoisotopic (exact) mass is 451 g/mol. The quantitative estimate of drug-likeness (QED) is 0.380. The number of carbonyl (C=O) groups excluding carboxylic acids is 2. The standard InChI is InChI=1S/C23H15Cl2N3O3/c24-17-8-16(9-18(25)11-17)23(30)27-19-6-4-14(5-7-19)22(29)28-20-3-1-2-15(10-20)21-12-26-13-31-21/h1-13H,(H,27,30)(H,28,29). The zero-order chi connectivity index (χ0) is 21.8. The van der Waals surface area contributed by atoms with E-state index in [1.165, 1.54) is 18.5 Å². The number of amides is 2. The topological polar surface area (TPSA) is 84.2 Å². The van der Waals surface area contributed by atoms with Gasteiger partial charge < -0.3 is 15.1 Å². The first-order valence-corrected chi connectivity index (χ1v) is 9.91. The van der Waals surface area contributed by atoms with Crippen molar-refractivity contribution in [3.63, 3.8) is 0 Å². The number of aromatic nitrogens is 1. The molecule has 0 fully saturated rings. The van der Waals surface area contributed by atoms with Gasteiger partial charge in [-0.05, 0) is 54.6 Å². The summed E-state index contributed by atoms with van der Waals surface area (Å²) in [7, 11) is 0.